The van der Waals surface area contributed by atoms with Crippen molar-refractivity contribution < 1.29 is 29.6 Å². The zero-order valence-electron chi connectivity index (χ0n) is 28.5. The number of carboxylic acid groups (broad SMARTS) is 1. The first-order valence-corrected chi connectivity index (χ1v) is 18.3. The highest BCUT2D eigenvalue weighted by molar-refractivity contribution is 5.69. The molecule has 0 aromatic heterocycles. The molecule has 0 aliphatic rings. The fourth-order valence-corrected chi connectivity index (χ4v) is 4.95. The molecule has 6 heteroatoms. The summed E-state index contributed by atoms with van der Waals surface area (Å²) in [5, 5.41) is 26.2. The van der Waals surface area contributed by atoms with Gasteiger partial charge in [-0.05, 0) is 38.5 Å². The fraction of sp³-hybridized carbons (Fsp3) is 0.892. The number of hydrogen-bond donors (Lipinski definition) is 3. The highest BCUT2D eigenvalue weighted by Gasteiger charge is 2.07. The van der Waals surface area contributed by atoms with Gasteiger partial charge >= 0.3 is 11.9 Å². The zero-order chi connectivity index (χ0) is 32.1. The number of carbonyl (C=O) groups excluding carboxylic acids is 1. The molecule has 256 valence electrons. The van der Waals surface area contributed by atoms with Gasteiger partial charge in [0.25, 0.3) is 0 Å². The van der Waals surface area contributed by atoms with Gasteiger partial charge in [-0.15, -0.1) is 0 Å². The zero-order valence-corrected chi connectivity index (χ0v) is 28.5. The molecule has 0 bridgehead atoms. The molecule has 0 saturated heterocycles. The molecule has 0 radical (unpaired) electrons. The minimum atomic E-state index is -0.953. The van der Waals surface area contributed by atoms with Crippen molar-refractivity contribution >= 4 is 11.9 Å². The summed E-state index contributed by atoms with van der Waals surface area (Å²) in [4.78, 5) is 21.7. The summed E-state index contributed by atoms with van der Waals surface area (Å²) in [6.45, 7) is 4.04. The van der Waals surface area contributed by atoms with Crippen LogP contribution < -0.4 is 0 Å². The minimum absolute atomic E-state index is 0.103. The molecule has 1 atom stereocenters. The average Bonchev–Trinajstić information content (AvgIpc) is 3.00. The second-order valence-electron chi connectivity index (χ2n) is 12.2. The summed E-state index contributed by atoms with van der Waals surface area (Å²) in [7, 11) is 0. The van der Waals surface area contributed by atoms with Crippen LogP contribution in [0, 0.1) is 0 Å². The maximum absolute atomic E-state index is 11.3. The predicted octanol–water partition coefficient (Wildman–Crippen LogP) is 10.5. The summed E-state index contributed by atoms with van der Waals surface area (Å²) in [6.07, 6.45) is 37.4. The molecule has 43 heavy (non-hydrogen) atoms. The Morgan fingerprint density at radius 2 is 0.907 bits per heavy atom. The number of esters is 1. The van der Waals surface area contributed by atoms with E-state index in [9.17, 15) is 9.59 Å². The number of rotatable bonds is 32. The Bertz CT molecular complexity index is 592. The van der Waals surface area contributed by atoms with Crippen molar-refractivity contribution in [1.29, 1.82) is 0 Å². The van der Waals surface area contributed by atoms with Crippen LogP contribution in [0.4, 0.5) is 0 Å². The van der Waals surface area contributed by atoms with Gasteiger partial charge in [-0.2, -0.15) is 0 Å². The van der Waals surface area contributed by atoms with Crippen LogP contribution in [-0.4, -0.2) is 46.6 Å². The largest absolute Gasteiger partial charge is 0.481 e. The molecular weight excluding hydrogens is 540 g/mol. The number of aliphatic hydroxyl groups excluding tert-OH is 2. The van der Waals surface area contributed by atoms with Crippen LogP contribution in [0.5, 0.6) is 0 Å². The second kappa shape index (κ2) is 38.6. The van der Waals surface area contributed by atoms with Gasteiger partial charge in [-0.1, -0.05) is 154 Å². The SMILES string of the molecule is CCCCCCCC/C=C\CCCCCCCC(=O)O.CCCCCCCCCCCCCCCC(=O)OCC(O)CO. The van der Waals surface area contributed by atoms with E-state index < -0.39 is 12.1 Å². The van der Waals surface area contributed by atoms with Crippen LogP contribution in [0.25, 0.3) is 0 Å². The smallest absolute Gasteiger partial charge is 0.305 e. The molecule has 0 fully saturated rings. The van der Waals surface area contributed by atoms with E-state index in [1.807, 2.05) is 0 Å². The third kappa shape index (κ3) is 42.8. The van der Waals surface area contributed by atoms with E-state index in [0.29, 0.717) is 12.8 Å². The molecule has 3 N–H and O–H groups in total. The lowest BCUT2D eigenvalue weighted by atomic mass is 10.0. The first-order valence-electron chi connectivity index (χ1n) is 18.3. The number of allylic oxidation sites excluding steroid dienone is 2. The first-order chi connectivity index (χ1) is 21.0. The molecule has 0 aromatic carbocycles. The number of hydrogen-bond acceptors (Lipinski definition) is 5. The number of carbonyl (C=O) groups is 2. The van der Waals surface area contributed by atoms with Crippen LogP contribution in [0.1, 0.15) is 194 Å². The van der Waals surface area contributed by atoms with Crippen molar-refractivity contribution in [3.63, 3.8) is 0 Å². The van der Waals surface area contributed by atoms with Crippen LogP contribution in [-0.2, 0) is 14.3 Å². The number of aliphatic hydroxyl groups is 2. The Labute approximate surface area is 266 Å². The maximum Gasteiger partial charge on any atom is 0.305 e. The highest BCUT2D eigenvalue weighted by atomic mass is 16.5. The van der Waals surface area contributed by atoms with E-state index in [4.69, 9.17) is 20.1 Å². The maximum atomic E-state index is 11.3. The van der Waals surface area contributed by atoms with Gasteiger partial charge in [0.1, 0.15) is 12.7 Å². The molecule has 0 aliphatic heterocycles. The lowest BCUT2D eigenvalue weighted by Crippen LogP contribution is -2.21. The van der Waals surface area contributed by atoms with Crippen molar-refractivity contribution in [2.75, 3.05) is 13.2 Å². The Balaban J connectivity index is 0. The minimum Gasteiger partial charge on any atom is -0.481 e. The third-order valence-electron chi connectivity index (χ3n) is 7.78. The normalized spacial score (nSPS) is 11.8. The van der Waals surface area contributed by atoms with Gasteiger partial charge in [0.2, 0.25) is 0 Å². The molecule has 6 nitrogen and oxygen atoms in total. The van der Waals surface area contributed by atoms with E-state index in [-0.39, 0.29) is 19.2 Å². The molecule has 0 amide bonds. The van der Waals surface area contributed by atoms with E-state index in [0.717, 1.165) is 25.7 Å². The fourth-order valence-electron chi connectivity index (χ4n) is 4.95. The van der Waals surface area contributed by atoms with Gasteiger partial charge in [0.05, 0.1) is 6.61 Å². The molecule has 1 unspecified atom stereocenters. The van der Waals surface area contributed by atoms with Crippen molar-refractivity contribution in [2.45, 2.75) is 200 Å². The van der Waals surface area contributed by atoms with Crippen LogP contribution in [0.2, 0.25) is 0 Å². The predicted molar refractivity (Wildman–Crippen MR) is 181 cm³/mol. The third-order valence-corrected chi connectivity index (χ3v) is 7.78. The second-order valence-corrected chi connectivity index (χ2v) is 12.2. The number of carboxylic acids is 1. The van der Waals surface area contributed by atoms with Gasteiger partial charge in [0.15, 0.2) is 0 Å². The quantitative estimate of drug-likeness (QED) is 0.0396. The monoisotopic (exact) mass is 613 g/mol. The Morgan fingerprint density at radius 3 is 1.28 bits per heavy atom. The lowest BCUT2D eigenvalue weighted by molar-refractivity contribution is -0.147. The van der Waals surface area contributed by atoms with Gasteiger partial charge in [-0.3, -0.25) is 9.59 Å². The molecule has 0 spiro atoms. The van der Waals surface area contributed by atoms with Crippen LogP contribution in [0.3, 0.4) is 0 Å². The van der Waals surface area contributed by atoms with Crippen molar-refractivity contribution in [3.05, 3.63) is 12.2 Å². The summed E-state index contributed by atoms with van der Waals surface area (Å²) in [5.41, 5.74) is 0. The summed E-state index contributed by atoms with van der Waals surface area (Å²) in [5.74, 6) is -0.941. The molecule has 0 aromatic rings. The Hall–Kier alpha value is -1.40. The number of ether oxygens (including phenoxy) is 1. The summed E-state index contributed by atoms with van der Waals surface area (Å²) in [6, 6.07) is 0. The molecule has 0 heterocycles. The van der Waals surface area contributed by atoms with Crippen LogP contribution in [0.15, 0.2) is 12.2 Å². The molecule has 0 aliphatic carbocycles. The van der Waals surface area contributed by atoms with Gasteiger partial charge < -0.3 is 20.1 Å². The molecule has 0 saturated carbocycles. The average molecular weight is 613 g/mol. The van der Waals surface area contributed by atoms with Crippen molar-refractivity contribution in [1.82, 2.24) is 0 Å². The van der Waals surface area contributed by atoms with E-state index in [2.05, 4.69) is 26.0 Å². The summed E-state index contributed by atoms with van der Waals surface area (Å²) >= 11 is 0. The lowest BCUT2D eigenvalue weighted by Gasteiger charge is -2.08. The van der Waals surface area contributed by atoms with E-state index in [1.165, 1.54) is 141 Å². The number of unbranched alkanes of at least 4 members (excludes halogenated alkanes) is 23. The van der Waals surface area contributed by atoms with E-state index in [1.54, 1.807) is 0 Å². The first kappa shape index (κ1) is 43.7. The molecular formula is C37H72O6. The number of aliphatic carboxylic acids is 1. The highest BCUT2D eigenvalue weighted by Crippen LogP contribution is 2.13. The van der Waals surface area contributed by atoms with Crippen molar-refractivity contribution in [2.24, 2.45) is 0 Å². The van der Waals surface area contributed by atoms with Crippen LogP contribution >= 0.6 is 0 Å². The Kier molecular flexibility index (Phi) is 39.3. The standard InChI is InChI=1S/C19H38O4.C18H34O2/c1-2-3-4-5-6-7-8-9-10-11-12-13-14-15-19(22)23-17-18(21)16-20;1-2-3-4-5-6-7-8-9-10-11-12-13-14-15-16-17-18(19)20/h18,20-21H,2-17H2,1H3;9-10H,2-8,11-17H2,1H3,(H,19,20)/b;10-9-. The topological polar surface area (TPSA) is 104 Å². The Morgan fingerprint density at radius 1 is 0.558 bits per heavy atom. The van der Waals surface area contributed by atoms with E-state index >= 15 is 0 Å². The molecule has 0 rings (SSSR count). The van der Waals surface area contributed by atoms with Gasteiger partial charge in [0, 0.05) is 12.8 Å². The van der Waals surface area contributed by atoms with Gasteiger partial charge in [-0.25, -0.2) is 0 Å². The van der Waals surface area contributed by atoms with Crippen molar-refractivity contribution in [3.8, 4) is 0 Å². The summed E-state index contributed by atoms with van der Waals surface area (Å²) < 4.78 is 4.85.